The quantitative estimate of drug-likeness (QED) is 0.910. The van der Waals surface area contributed by atoms with Gasteiger partial charge in [0.15, 0.2) is 0 Å². The van der Waals surface area contributed by atoms with E-state index >= 15 is 0 Å². The zero-order valence-corrected chi connectivity index (χ0v) is 12.4. The number of fused-ring (bicyclic) bond motifs is 1. The number of carbonyl (C=O) groups is 1. The monoisotopic (exact) mass is 300 g/mol. The fourth-order valence-corrected chi connectivity index (χ4v) is 2.76. The van der Waals surface area contributed by atoms with Crippen molar-refractivity contribution in [2.24, 2.45) is 0 Å². The Balaban J connectivity index is 1.57. The molecule has 0 radical (unpaired) electrons. The Morgan fingerprint density at radius 2 is 2.14 bits per heavy atom. The van der Waals surface area contributed by atoms with Crippen LogP contribution in [0.2, 0.25) is 5.02 Å². The first kappa shape index (κ1) is 14.0. The second-order valence-electron chi connectivity index (χ2n) is 5.18. The van der Waals surface area contributed by atoms with E-state index in [2.05, 4.69) is 10.6 Å². The van der Waals surface area contributed by atoms with Crippen LogP contribution in [0.1, 0.15) is 21.5 Å². The van der Waals surface area contributed by atoms with Gasteiger partial charge < -0.3 is 10.6 Å². The standard InChI is InChI=1S/C17H17ClN2O/c18-15-3-1-2-12(10-15)6-8-20-17(21)14-5-4-13-7-9-19-16(13)11-14/h1-5,10-11,19H,6-9H2,(H,20,21). The molecule has 0 atom stereocenters. The van der Waals surface area contributed by atoms with Crippen LogP contribution in [-0.2, 0) is 12.8 Å². The fourth-order valence-electron chi connectivity index (χ4n) is 2.55. The number of hydrogen-bond acceptors (Lipinski definition) is 2. The highest BCUT2D eigenvalue weighted by Crippen LogP contribution is 2.23. The number of carbonyl (C=O) groups excluding carboxylic acids is 1. The first-order valence-corrected chi connectivity index (χ1v) is 7.49. The molecule has 3 rings (SSSR count). The van der Waals surface area contributed by atoms with Gasteiger partial charge in [-0.25, -0.2) is 0 Å². The Bertz CT molecular complexity index is 670. The minimum absolute atomic E-state index is 0.0338. The lowest BCUT2D eigenvalue weighted by atomic mass is 10.1. The van der Waals surface area contributed by atoms with Gasteiger partial charge in [0.2, 0.25) is 0 Å². The van der Waals surface area contributed by atoms with Crippen molar-refractivity contribution in [3.8, 4) is 0 Å². The predicted octanol–water partition coefficient (Wildman–Crippen LogP) is 3.28. The Morgan fingerprint density at radius 3 is 3.00 bits per heavy atom. The van der Waals surface area contributed by atoms with Gasteiger partial charge in [-0.15, -0.1) is 0 Å². The van der Waals surface area contributed by atoms with Crippen molar-refractivity contribution in [2.45, 2.75) is 12.8 Å². The van der Waals surface area contributed by atoms with Crippen molar-refractivity contribution >= 4 is 23.2 Å². The first-order chi connectivity index (χ1) is 10.2. The lowest BCUT2D eigenvalue weighted by molar-refractivity contribution is 0.0954. The van der Waals surface area contributed by atoms with E-state index < -0.39 is 0 Å². The summed E-state index contributed by atoms with van der Waals surface area (Å²) < 4.78 is 0. The molecule has 3 nitrogen and oxygen atoms in total. The Labute approximate surface area is 129 Å². The van der Waals surface area contributed by atoms with Gasteiger partial charge in [0.05, 0.1) is 0 Å². The van der Waals surface area contributed by atoms with Crippen LogP contribution in [0, 0.1) is 0 Å². The van der Waals surface area contributed by atoms with Crippen molar-refractivity contribution in [2.75, 3.05) is 18.4 Å². The van der Waals surface area contributed by atoms with Crippen LogP contribution in [-0.4, -0.2) is 19.0 Å². The first-order valence-electron chi connectivity index (χ1n) is 7.12. The molecule has 4 heteroatoms. The lowest BCUT2D eigenvalue weighted by Gasteiger charge is -2.07. The molecule has 0 bridgehead atoms. The molecule has 0 aliphatic carbocycles. The Morgan fingerprint density at radius 1 is 1.24 bits per heavy atom. The summed E-state index contributed by atoms with van der Waals surface area (Å²) in [5, 5.41) is 6.96. The summed E-state index contributed by atoms with van der Waals surface area (Å²) in [5.41, 5.74) is 4.19. The smallest absolute Gasteiger partial charge is 0.251 e. The molecule has 0 unspecified atom stereocenters. The van der Waals surface area contributed by atoms with E-state index in [-0.39, 0.29) is 5.91 Å². The van der Waals surface area contributed by atoms with E-state index in [1.165, 1.54) is 5.56 Å². The third-order valence-corrected chi connectivity index (χ3v) is 3.91. The molecule has 1 aliphatic rings. The average Bonchev–Trinajstić information content (AvgIpc) is 2.94. The zero-order valence-electron chi connectivity index (χ0n) is 11.7. The molecular weight excluding hydrogens is 284 g/mol. The minimum Gasteiger partial charge on any atom is -0.384 e. The number of benzene rings is 2. The van der Waals surface area contributed by atoms with E-state index in [1.54, 1.807) is 0 Å². The molecule has 2 aromatic carbocycles. The summed E-state index contributed by atoms with van der Waals surface area (Å²) in [6.07, 6.45) is 1.81. The average molecular weight is 301 g/mol. The van der Waals surface area contributed by atoms with Gasteiger partial charge in [-0.1, -0.05) is 29.8 Å². The molecule has 2 N–H and O–H groups in total. The van der Waals surface area contributed by atoms with Crippen LogP contribution < -0.4 is 10.6 Å². The molecule has 108 valence electrons. The number of anilines is 1. The maximum atomic E-state index is 12.1. The summed E-state index contributed by atoms with van der Waals surface area (Å²) >= 11 is 5.94. The summed E-state index contributed by atoms with van der Waals surface area (Å²) in [5.74, 6) is -0.0338. The van der Waals surface area contributed by atoms with E-state index in [1.807, 2.05) is 42.5 Å². The van der Waals surface area contributed by atoms with Crippen molar-refractivity contribution in [3.05, 3.63) is 64.2 Å². The molecule has 0 aromatic heterocycles. The van der Waals surface area contributed by atoms with Crippen molar-refractivity contribution in [1.82, 2.24) is 5.32 Å². The van der Waals surface area contributed by atoms with Crippen molar-refractivity contribution < 1.29 is 4.79 Å². The largest absolute Gasteiger partial charge is 0.384 e. The van der Waals surface area contributed by atoms with Gasteiger partial charge in [0.1, 0.15) is 0 Å². The van der Waals surface area contributed by atoms with Crippen LogP contribution in [0.3, 0.4) is 0 Å². The maximum absolute atomic E-state index is 12.1. The van der Waals surface area contributed by atoms with Gasteiger partial charge in [0, 0.05) is 29.4 Å². The number of halogens is 1. The normalized spacial score (nSPS) is 12.6. The zero-order chi connectivity index (χ0) is 14.7. The molecule has 0 spiro atoms. The summed E-state index contributed by atoms with van der Waals surface area (Å²) in [6, 6.07) is 13.6. The molecule has 0 saturated heterocycles. The van der Waals surface area contributed by atoms with E-state index in [4.69, 9.17) is 11.6 Å². The number of hydrogen-bond donors (Lipinski definition) is 2. The second-order valence-corrected chi connectivity index (χ2v) is 5.62. The minimum atomic E-state index is -0.0338. The van der Waals surface area contributed by atoms with Gasteiger partial charge >= 0.3 is 0 Å². The van der Waals surface area contributed by atoms with Crippen LogP contribution in [0.4, 0.5) is 5.69 Å². The van der Waals surface area contributed by atoms with Gasteiger partial charge in [0.25, 0.3) is 5.91 Å². The number of rotatable bonds is 4. The van der Waals surface area contributed by atoms with Crippen LogP contribution in [0.5, 0.6) is 0 Å². The van der Waals surface area contributed by atoms with Gasteiger partial charge in [-0.2, -0.15) is 0 Å². The summed E-state index contributed by atoms with van der Waals surface area (Å²) in [7, 11) is 0. The highest BCUT2D eigenvalue weighted by Gasteiger charge is 2.13. The second kappa shape index (κ2) is 6.19. The third-order valence-electron chi connectivity index (χ3n) is 3.67. The SMILES string of the molecule is O=C(NCCc1cccc(Cl)c1)c1ccc2c(c1)NCC2. The molecule has 2 aromatic rings. The predicted molar refractivity (Wildman–Crippen MR) is 86.1 cm³/mol. The molecular formula is C17H17ClN2O. The Hall–Kier alpha value is -2.00. The molecule has 1 amide bonds. The van der Waals surface area contributed by atoms with E-state index in [9.17, 15) is 4.79 Å². The molecule has 1 heterocycles. The van der Waals surface area contributed by atoms with Crippen LogP contribution >= 0.6 is 11.6 Å². The number of nitrogens with one attached hydrogen (secondary N) is 2. The molecule has 0 saturated carbocycles. The van der Waals surface area contributed by atoms with Crippen molar-refractivity contribution in [3.63, 3.8) is 0 Å². The van der Waals surface area contributed by atoms with E-state index in [0.717, 1.165) is 35.7 Å². The Kier molecular flexibility index (Phi) is 4.11. The van der Waals surface area contributed by atoms with Crippen LogP contribution in [0.15, 0.2) is 42.5 Å². The highest BCUT2D eigenvalue weighted by atomic mass is 35.5. The summed E-state index contributed by atoms with van der Waals surface area (Å²) in [6.45, 7) is 1.55. The van der Waals surface area contributed by atoms with Gasteiger partial charge in [-0.05, 0) is 48.2 Å². The maximum Gasteiger partial charge on any atom is 0.251 e. The molecule has 1 aliphatic heterocycles. The highest BCUT2D eigenvalue weighted by molar-refractivity contribution is 6.30. The van der Waals surface area contributed by atoms with Crippen LogP contribution in [0.25, 0.3) is 0 Å². The van der Waals surface area contributed by atoms with Gasteiger partial charge in [-0.3, -0.25) is 4.79 Å². The fraction of sp³-hybridized carbons (Fsp3) is 0.235. The summed E-state index contributed by atoms with van der Waals surface area (Å²) in [4.78, 5) is 12.1. The molecule has 21 heavy (non-hydrogen) atoms. The number of amides is 1. The van der Waals surface area contributed by atoms with Crippen molar-refractivity contribution in [1.29, 1.82) is 0 Å². The molecule has 0 fully saturated rings. The van der Waals surface area contributed by atoms with E-state index in [0.29, 0.717) is 12.1 Å². The third kappa shape index (κ3) is 3.37. The lowest BCUT2D eigenvalue weighted by Crippen LogP contribution is -2.25. The topological polar surface area (TPSA) is 41.1 Å².